The molecular formula is C29H35N7O3. The molecule has 0 aliphatic carbocycles. The van der Waals surface area contributed by atoms with Crippen LogP contribution < -0.4 is 15.8 Å². The first-order chi connectivity index (χ1) is 18.5. The van der Waals surface area contributed by atoms with Crippen molar-refractivity contribution in [1.29, 1.82) is 0 Å². The van der Waals surface area contributed by atoms with Crippen LogP contribution in [0.3, 0.4) is 0 Å². The van der Waals surface area contributed by atoms with Gasteiger partial charge in [0.1, 0.15) is 5.82 Å². The number of hydrogen-bond acceptors (Lipinski definition) is 7. The second kappa shape index (κ2) is 10.3. The SMILES string of the molecule is Cc1cc(C)c(CNC(=O)c2cc(-c3ccc(N4CCOCC4)nc3)nc3c2c(C)nn3C(C)(C)C)c(=O)[nH]1. The Balaban J connectivity index is 1.55. The number of aryl methyl sites for hydroxylation is 3. The highest BCUT2D eigenvalue weighted by molar-refractivity contribution is 6.07. The van der Waals surface area contributed by atoms with Crippen LogP contribution in [0.25, 0.3) is 22.3 Å². The summed E-state index contributed by atoms with van der Waals surface area (Å²) in [4.78, 5) is 40.8. The van der Waals surface area contributed by atoms with E-state index >= 15 is 0 Å². The third-order valence-corrected chi connectivity index (χ3v) is 6.99. The van der Waals surface area contributed by atoms with Gasteiger partial charge in [0.2, 0.25) is 0 Å². The summed E-state index contributed by atoms with van der Waals surface area (Å²) in [6.07, 6.45) is 1.79. The monoisotopic (exact) mass is 529 g/mol. The minimum atomic E-state index is -0.351. The van der Waals surface area contributed by atoms with Gasteiger partial charge < -0.3 is 19.9 Å². The molecule has 1 amide bonds. The molecule has 0 saturated carbocycles. The summed E-state index contributed by atoms with van der Waals surface area (Å²) in [5.41, 5.74) is 4.83. The number of morpholine rings is 1. The number of carbonyl (C=O) groups excluding carboxylic acids is 1. The summed E-state index contributed by atoms with van der Waals surface area (Å²) < 4.78 is 7.32. The summed E-state index contributed by atoms with van der Waals surface area (Å²) in [5, 5.41) is 8.41. The number of amides is 1. The van der Waals surface area contributed by atoms with Crippen LogP contribution in [0.5, 0.6) is 0 Å². The number of fused-ring (bicyclic) bond motifs is 1. The van der Waals surface area contributed by atoms with E-state index in [2.05, 4.69) is 41.0 Å². The zero-order valence-corrected chi connectivity index (χ0v) is 23.4. The van der Waals surface area contributed by atoms with Crippen molar-refractivity contribution >= 4 is 22.8 Å². The van der Waals surface area contributed by atoms with Gasteiger partial charge in [-0.15, -0.1) is 0 Å². The molecule has 5 heterocycles. The quantitative estimate of drug-likeness (QED) is 0.405. The third-order valence-electron chi connectivity index (χ3n) is 6.99. The van der Waals surface area contributed by atoms with E-state index in [1.54, 1.807) is 12.3 Å². The van der Waals surface area contributed by atoms with E-state index in [1.165, 1.54) is 0 Å². The maximum Gasteiger partial charge on any atom is 0.253 e. The molecule has 204 valence electrons. The lowest BCUT2D eigenvalue weighted by Crippen LogP contribution is -2.36. The summed E-state index contributed by atoms with van der Waals surface area (Å²) >= 11 is 0. The van der Waals surface area contributed by atoms with Crippen LogP contribution in [0, 0.1) is 20.8 Å². The van der Waals surface area contributed by atoms with Crippen molar-refractivity contribution in [3.8, 4) is 11.3 Å². The highest BCUT2D eigenvalue weighted by Gasteiger charge is 2.25. The minimum absolute atomic E-state index is 0.113. The van der Waals surface area contributed by atoms with E-state index in [1.807, 2.05) is 43.7 Å². The Morgan fingerprint density at radius 3 is 2.51 bits per heavy atom. The average molecular weight is 530 g/mol. The molecule has 0 unspecified atom stereocenters. The number of anilines is 1. The van der Waals surface area contributed by atoms with Crippen LogP contribution in [0.1, 0.15) is 53.6 Å². The van der Waals surface area contributed by atoms with Gasteiger partial charge in [-0.1, -0.05) is 0 Å². The number of hydrogen-bond donors (Lipinski definition) is 2. The highest BCUT2D eigenvalue weighted by atomic mass is 16.5. The van der Waals surface area contributed by atoms with Crippen LogP contribution in [-0.2, 0) is 16.8 Å². The molecule has 4 aromatic heterocycles. The van der Waals surface area contributed by atoms with Crippen LogP contribution in [-0.4, -0.2) is 56.9 Å². The van der Waals surface area contributed by atoms with Crippen LogP contribution >= 0.6 is 0 Å². The van der Waals surface area contributed by atoms with Gasteiger partial charge in [0.15, 0.2) is 5.65 Å². The fourth-order valence-corrected chi connectivity index (χ4v) is 4.97. The predicted octanol–water partition coefficient (Wildman–Crippen LogP) is 3.63. The van der Waals surface area contributed by atoms with Crippen molar-refractivity contribution in [1.82, 2.24) is 30.0 Å². The van der Waals surface area contributed by atoms with Gasteiger partial charge in [0.25, 0.3) is 11.5 Å². The van der Waals surface area contributed by atoms with E-state index in [4.69, 9.17) is 14.8 Å². The van der Waals surface area contributed by atoms with Crippen molar-refractivity contribution < 1.29 is 9.53 Å². The maximum atomic E-state index is 13.7. The Bertz CT molecular complexity index is 1590. The Morgan fingerprint density at radius 1 is 1.13 bits per heavy atom. The second-order valence-electron chi connectivity index (χ2n) is 11.1. The molecule has 1 aliphatic rings. The number of rotatable bonds is 5. The summed E-state index contributed by atoms with van der Waals surface area (Å²) in [7, 11) is 0. The van der Waals surface area contributed by atoms with E-state index in [9.17, 15) is 9.59 Å². The minimum Gasteiger partial charge on any atom is -0.378 e. The lowest BCUT2D eigenvalue weighted by Gasteiger charge is -2.27. The fraction of sp³-hybridized carbons (Fsp3) is 0.414. The topological polar surface area (TPSA) is 118 Å². The standard InChI is InChI=1S/C29H35N7O3/c1-17-13-18(2)32-28(38)22(17)16-31-27(37)21-14-23(33-26-25(21)19(3)34-36(26)29(4,5)6)20-7-8-24(30-15-20)35-9-11-39-12-10-35/h7-8,13-15H,9-12,16H2,1-6H3,(H,31,37)(H,32,38). The molecule has 0 atom stereocenters. The molecule has 0 radical (unpaired) electrons. The number of ether oxygens (including phenoxy) is 1. The summed E-state index contributed by atoms with van der Waals surface area (Å²) in [6, 6.07) is 7.65. The van der Waals surface area contributed by atoms with E-state index in [0.29, 0.717) is 46.8 Å². The normalized spacial score (nSPS) is 14.2. The molecule has 4 aromatic rings. The van der Waals surface area contributed by atoms with Gasteiger partial charge in [-0.25, -0.2) is 14.6 Å². The van der Waals surface area contributed by atoms with Crippen molar-refractivity contribution in [2.75, 3.05) is 31.2 Å². The molecule has 10 nitrogen and oxygen atoms in total. The summed E-state index contributed by atoms with van der Waals surface area (Å²) in [5.74, 6) is 0.591. The van der Waals surface area contributed by atoms with Gasteiger partial charge in [-0.3, -0.25) is 9.59 Å². The molecule has 1 saturated heterocycles. The van der Waals surface area contributed by atoms with Crippen molar-refractivity contribution in [3.05, 3.63) is 68.9 Å². The first-order valence-corrected chi connectivity index (χ1v) is 13.2. The van der Waals surface area contributed by atoms with Crippen LogP contribution in [0.15, 0.2) is 35.3 Å². The van der Waals surface area contributed by atoms with E-state index in [0.717, 1.165) is 35.7 Å². The van der Waals surface area contributed by atoms with Gasteiger partial charge in [-0.05, 0) is 71.4 Å². The lowest BCUT2D eigenvalue weighted by atomic mass is 10.0. The number of carbonyl (C=O) groups is 1. The van der Waals surface area contributed by atoms with Crippen molar-refractivity contribution in [3.63, 3.8) is 0 Å². The average Bonchev–Trinajstić information content (AvgIpc) is 3.25. The molecule has 39 heavy (non-hydrogen) atoms. The zero-order chi connectivity index (χ0) is 27.9. The molecule has 0 aromatic carbocycles. The van der Waals surface area contributed by atoms with Crippen molar-refractivity contribution in [2.45, 2.75) is 53.6 Å². The number of nitrogens with zero attached hydrogens (tertiary/aromatic N) is 5. The Labute approximate surface area is 227 Å². The van der Waals surface area contributed by atoms with Gasteiger partial charge >= 0.3 is 0 Å². The number of pyridine rings is 3. The lowest BCUT2D eigenvalue weighted by molar-refractivity contribution is 0.0952. The zero-order valence-electron chi connectivity index (χ0n) is 23.4. The first kappa shape index (κ1) is 26.6. The number of aromatic amines is 1. The van der Waals surface area contributed by atoms with Crippen LogP contribution in [0.4, 0.5) is 5.82 Å². The number of H-pyrrole nitrogens is 1. The molecule has 0 spiro atoms. The molecule has 0 bridgehead atoms. The Morgan fingerprint density at radius 2 is 1.87 bits per heavy atom. The fourth-order valence-electron chi connectivity index (χ4n) is 4.97. The second-order valence-corrected chi connectivity index (χ2v) is 11.1. The molecule has 5 rings (SSSR count). The Kier molecular flexibility index (Phi) is 6.98. The number of nitrogens with one attached hydrogen (secondary N) is 2. The Hall–Kier alpha value is -4.05. The van der Waals surface area contributed by atoms with Crippen molar-refractivity contribution in [2.24, 2.45) is 0 Å². The maximum absolute atomic E-state index is 13.7. The molecular weight excluding hydrogens is 494 g/mol. The predicted molar refractivity (Wildman–Crippen MR) is 151 cm³/mol. The number of aromatic nitrogens is 5. The molecule has 1 fully saturated rings. The van der Waals surface area contributed by atoms with E-state index < -0.39 is 0 Å². The first-order valence-electron chi connectivity index (χ1n) is 13.2. The largest absolute Gasteiger partial charge is 0.378 e. The smallest absolute Gasteiger partial charge is 0.253 e. The highest BCUT2D eigenvalue weighted by Crippen LogP contribution is 2.30. The van der Waals surface area contributed by atoms with Gasteiger partial charge in [0.05, 0.1) is 41.1 Å². The van der Waals surface area contributed by atoms with Crippen LogP contribution in [0.2, 0.25) is 0 Å². The molecule has 10 heteroatoms. The third kappa shape index (κ3) is 5.29. The summed E-state index contributed by atoms with van der Waals surface area (Å²) in [6.45, 7) is 14.8. The van der Waals surface area contributed by atoms with Gasteiger partial charge in [0, 0.05) is 42.7 Å². The van der Waals surface area contributed by atoms with E-state index in [-0.39, 0.29) is 23.6 Å². The molecule has 2 N–H and O–H groups in total. The molecule has 1 aliphatic heterocycles. The van der Waals surface area contributed by atoms with Gasteiger partial charge in [-0.2, -0.15) is 5.10 Å².